The smallest absolute Gasteiger partial charge is 0.0485 e. The fourth-order valence-corrected chi connectivity index (χ4v) is 2.68. The zero-order chi connectivity index (χ0) is 11.4. The third-order valence-corrected chi connectivity index (χ3v) is 3.68. The first-order valence-corrected chi connectivity index (χ1v) is 6.15. The van der Waals surface area contributed by atoms with E-state index in [2.05, 4.69) is 23.0 Å². The lowest BCUT2D eigenvalue weighted by molar-refractivity contribution is 0.179. The Labute approximate surface area is 97.7 Å². The van der Waals surface area contributed by atoms with Crippen LogP contribution in [0.2, 0.25) is 0 Å². The molecule has 0 amide bonds. The molecule has 0 aliphatic heterocycles. The van der Waals surface area contributed by atoms with E-state index in [4.69, 9.17) is 5.73 Å². The second kappa shape index (κ2) is 5.41. The van der Waals surface area contributed by atoms with Gasteiger partial charge in [0.15, 0.2) is 0 Å². The van der Waals surface area contributed by atoms with E-state index in [1.807, 2.05) is 18.5 Å². The maximum atomic E-state index is 5.90. The molecular formula is C13H21N3. The van der Waals surface area contributed by atoms with Gasteiger partial charge in [-0.2, -0.15) is 0 Å². The predicted octanol–water partition coefficient (Wildman–Crippen LogP) is 1.96. The molecule has 1 aliphatic rings. The lowest BCUT2D eigenvalue weighted by Gasteiger charge is -2.32. The highest BCUT2D eigenvalue weighted by molar-refractivity contribution is 5.14. The molecular weight excluding hydrogens is 198 g/mol. The first-order valence-electron chi connectivity index (χ1n) is 6.15. The average molecular weight is 219 g/mol. The molecule has 2 rings (SSSR count). The van der Waals surface area contributed by atoms with E-state index in [9.17, 15) is 0 Å². The molecule has 3 nitrogen and oxygen atoms in total. The van der Waals surface area contributed by atoms with Crippen molar-refractivity contribution in [2.75, 3.05) is 13.6 Å². The third kappa shape index (κ3) is 2.42. The van der Waals surface area contributed by atoms with Crippen molar-refractivity contribution >= 4 is 0 Å². The minimum absolute atomic E-state index is 0.316. The minimum atomic E-state index is 0.316. The van der Waals surface area contributed by atoms with Crippen molar-refractivity contribution in [3.63, 3.8) is 0 Å². The maximum Gasteiger partial charge on any atom is 0.0485 e. The van der Waals surface area contributed by atoms with Crippen molar-refractivity contribution < 1.29 is 0 Å². The quantitative estimate of drug-likeness (QED) is 0.841. The Morgan fingerprint density at radius 1 is 1.50 bits per heavy atom. The number of likely N-dealkylation sites (N-methyl/N-ethyl adjacent to an activating group) is 1. The molecule has 1 aromatic heterocycles. The molecule has 1 fully saturated rings. The van der Waals surface area contributed by atoms with Crippen LogP contribution in [0, 0.1) is 0 Å². The van der Waals surface area contributed by atoms with Crippen molar-refractivity contribution in [3.8, 4) is 0 Å². The van der Waals surface area contributed by atoms with Crippen molar-refractivity contribution in [1.29, 1.82) is 0 Å². The van der Waals surface area contributed by atoms with E-state index in [-0.39, 0.29) is 0 Å². The summed E-state index contributed by atoms with van der Waals surface area (Å²) in [5, 5.41) is 0. The van der Waals surface area contributed by atoms with Gasteiger partial charge in [-0.05, 0) is 31.5 Å². The fourth-order valence-electron chi connectivity index (χ4n) is 2.68. The summed E-state index contributed by atoms with van der Waals surface area (Å²) in [4.78, 5) is 6.61. The highest BCUT2D eigenvalue weighted by Gasteiger charge is 2.25. The van der Waals surface area contributed by atoms with Gasteiger partial charge in [-0.1, -0.05) is 18.9 Å². The van der Waals surface area contributed by atoms with Crippen LogP contribution in [-0.2, 0) is 0 Å². The van der Waals surface area contributed by atoms with E-state index in [1.165, 1.54) is 31.2 Å². The van der Waals surface area contributed by atoms with Gasteiger partial charge in [-0.25, -0.2) is 0 Å². The van der Waals surface area contributed by atoms with E-state index in [1.54, 1.807) is 0 Å². The molecule has 0 spiro atoms. The summed E-state index contributed by atoms with van der Waals surface area (Å²) in [6.07, 6.45) is 9.09. The number of hydrogen-bond donors (Lipinski definition) is 1. The van der Waals surface area contributed by atoms with Crippen molar-refractivity contribution in [1.82, 2.24) is 9.88 Å². The van der Waals surface area contributed by atoms with E-state index >= 15 is 0 Å². The van der Waals surface area contributed by atoms with Crippen molar-refractivity contribution in [2.45, 2.75) is 37.8 Å². The zero-order valence-electron chi connectivity index (χ0n) is 9.97. The molecule has 2 N–H and O–H groups in total. The van der Waals surface area contributed by atoms with Gasteiger partial charge in [0, 0.05) is 31.0 Å². The number of nitrogens with zero attached hydrogens (tertiary/aromatic N) is 2. The Morgan fingerprint density at radius 2 is 2.25 bits per heavy atom. The Bertz CT molecular complexity index is 306. The van der Waals surface area contributed by atoms with Crippen LogP contribution < -0.4 is 5.73 Å². The van der Waals surface area contributed by atoms with Crippen molar-refractivity contribution in [2.24, 2.45) is 5.73 Å². The third-order valence-electron chi connectivity index (χ3n) is 3.68. The lowest BCUT2D eigenvalue weighted by Crippen LogP contribution is -2.37. The summed E-state index contributed by atoms with van der Waals surface area (Å²) in [6, 6.07) is 5.13. The summed E-state index contributed by atoms with van der Waals surface area (Å²) in [5.41, 5.74) is 7.14. The second-order valence-electron chi connectivity index (χ2n) is 4.64. The van der Waals surface area contributed by atoms with Crippen LogP contribution in [0.15, 0.2) is 24.5 Å². The molecule has 0 radical (unpaired) electrons. The van der Waals surface area contributed by atoms with Gasteiger partial charge in [0.1, 0.15) is 0 Å². The Balaban J connectivity index is 2.09. The highest BCUT2D eigenvalue weighted by Crippen LogP contribution is 2.28. The number of aromatic nitrogens is 1. The standard InChI is InChI=1S/C13H21N3/c1-16(12-6-2-3-7-12)13(9-14)11-5-4-8-15-10-11/h4-5,8,10,12-13H,2-3,6-7,9,14H2,1H3. The van der Waals surface area contributed by atoms with Crippen molar-refractivity contribution in [3.05, 3.63) is 30.1 Å². The summed E-state index contributed by atoms with van der Waals surface area (Å²) in [6.45, 7) is 0.665. The molecule has 0 saturated heterocycles. The van der Waals surface area contributed by atoms with Gasteiger partial charge in [0.2, 0.25) is 0 Å². The van der Waals surface area contributed by atoms with Gasteiger partial charge in [0.25, 0.3) is 0 Å². The van der Waals surface area contributed by atoms with E-state index in [0.29, 0.717) is 18.6 Å². The SMILES string of the molecule is CN(C1CCCC1)C(CN)c1cccnc1. The first kappa shape index (κ1) is 11.6. The van der Waals surface area contributed by atoms with Crippen LogP contribution in [0.25, 0.3) is 0 Å². The molecule has 3 heteroatoms. The van der Waals surface area contributed by atoms with Gasteiger partial charge in [-0.15, -0.1) is 0 Å². The van der Waals surface area contributed by atoms with Gasteiger partial charge < -0.3 is 5.73 Å². The summed E-state index contributed by atoms with van der Waals surface area (Å²) in [7, 11) is 2.19. The number of rotatable bonds is 4. The minimum Gasteiger partial charge on any atom is -0.329 e. The molecule has 88 valence electrons. The molecule has 1 aliphatic carbocycles. The molecule has 0 aromatic carbocycles. The van der Waals surface area contributed by atoms with Crippen LogP contribution in [0.1, 0.15) is 37.3 Å². The molecule has 1 heterocycles. The normalized spacial score (nSPS) is 19.2. The number of pyridine rings is 1. The zero-order valence-corrected chi connectivity index (χ0v) is 9.97. The largest absolute Gasteiger partial charge is 0.329 e. The van der Waals surface area contributed by atoms with Gasteiger partial charge in [0.05, 0.1) is 0 Å². The summed E-state index contributed by atoms with van der Waals surface area (Å²) < 4.78 is 0. The van der Waals surface area contributed by atoms with E-state index < -0.39 is 0 Å². The average Bonchev–Trinajstić information content (AvgIpc) is 2.85. The topological polar surface area (TPSA) is 42.1 Å². The first-order chi connectivity index (χ1) is 7.83. The van der Waals surface area contributed by atoms with E-state index in [0.717, 1.165) is 0 Å². The van der Waals surface area contributed by atoms with Gasteiger partial charge in [-0.3, -0.25) is 9.88 Å². The second-order valence-corrected chi connectivity index (χ2v) is 4.64. The molecule has 1 saturated carbocycles. The molecule has 1 unspecified atom stereocenters. The lowest BCUT2D eigenvalue weighted by atomic mass is 10.1. The van der Waals surface area contributed by atoms with Gasteiger partial charge >= 0.3 is 0 Å². The predicted molar refractivity (Wildman–Crippen MR) is 66.1 cm³/mol. The van der Waals surface area contributed by atoms with Crippen LogP contribution in [0.3, 0.4) is 0 Å². The fraction of sp³-hybridized carbons (Fsp3) is 0.615. The van der Waals surface area contributed by atoms with Crippen LogP contribution in [-0.4, -0.2) is 29.5 Å². The summed E-state index contributed by atoms with van der Waals surface area (Å²) >= 11 is 0. The van der Waals surface area contributed by atoms with Crippen LogP contribution in [0.4, 0.5) is 0 Å². The monoisotopic (exact) mass is 219 g/mol. The number of nitrogens with two attached hydrogens (primary N) is 1. The summed E-state index contributed by atoms with van der Waals surface area (Å²) in [5.74, 6) is 0. The Kier molecular flexibility index (Phi) is 3.91. The highest BCUT2D eigenvalue weighted by atomic mass is 15.2. The molecule has 16 heavy (non-hydrogen) atoms. The maximum absolute atomic E-state index is 5.90. The Morgan fingerprint density at radius 3 is 2.81 bits per heavy atom. The van der Waals surface area contributed by atoms with Crippen LogP contribution in [0.5, 0.6) is 0 Å². The molecule has 0 bridgehead atoms. The molecule has 1 aromatic rings. The molecule has 1 atom stereocenters. The Hall–Kier alpha value is -0.930. The van der Waals surface area contributed by atoms with Crippen LogP contribution >= 0.6 is 0 Å². The number of hydrogen-bond acceptors (Lipinski definition) is 3.